The largest absolute Gasteiger partial charge is 0.508 e. The maximum Gasteiger partial charge on any atom is 0.270 e. The molecule has 1 aromatic heterocycles. The molecule has 4 nitrogen and oxygen atoms in total. The maximum atomic E-state index is 12.3. The molecule has 0 aliphatic heterocycles. The smallest absolute Gasteiger partial charge is 0.270 e. The highest BCUT2D eigenvalue weighted by molar-refractivity contribution is 5.92. The topological polar surface area (TPSA) is 45.5 Å². The van der Waals surface area contributed by atoms with Crippen molar-refractivity contribution in [3.8, 4) is 5.75 Å². The van der Waals surface area contributed by atoms with E-state index in [9.17, 15) is 9.90 Å². The molecule has 1 aromatic carbocycles. The van der Waals surface area contributed by atoms with Crippen LogP contribution in [0.5, 0.6) is 5.75 Å². The fourth-order valence-corrected chi connectivity index (χ4v) is 2.03. The number of aromatic hydroxyl groups is 1. The van der Waals surface area contributed by atoms with E-state index in [2.05, 4.69) is 0 Å². The van der Waals surface area contributed by atoms with Gasteiger partial charge in [-0.05, 0) is 36.8 Å². The van der Waals surface area contributed by atoms with Crippen LogP contribution in [0, 0.1) is 0 Å². The number of phenolic OH excluding ortho intramolecular Hbond substituents is 1. The van der Waals surface area contributed by atoms with E-state index in [1.807, 2.05) is 42.0 Å². The lowest BCUT2D eigenvalue weighted by Gasteiger charge is -2.18. The highest BCUT2D eigenvalue weighted by Gasteiger charge is 2.15. The molecular weight excluding hydrogens is 240 g/mol. The van der Waals surface area contributed by atoms with E-state index in [1.165, 1.54) is 0 Å². The van der Waals surface area contributed by atoms with E-state index in [0.29, 0.717) is 12.2 Å². The summed E-state index contributed by atoms with van der Waals surface area (Å²) in [5.74, 6) is 0.234. The summed E-state index contributed by atoms with van der Waals surface area (Å²) in [4.78, 5) is 14.0. The summed E-state index contributed by atoms with van der Waals surface area (Å²) in [5.41, 5.74) is 1.69. The van der Waals surface area contributed by atoms with Gasteiger partial charge in [0, 0.05) is 26.3 Å². The van der Waals surface area contributed by atoms with E-state index >= 15 is 0 Å². The van der Waals surface area contributed by atoms with E-state index in [0.717, 1.165) is 12.1 Å². The number of benzene rings is 1. The lowest BCUT2D eigenvalue weighted by atomic mass is 10.2. The summed E-state index contributed by atoms with van der Waals surface area (Å²) in [6, 6.07) is 10.6. The Morgan fingerprint density at radius 1 is 1.26 bits per heavy atom. The third-order valence-corrected chi connectivity index (χ3v) is 3.09. The number of carbonyl (C=O) groups is 1. The fourth-order valence-electron chi connectivity index (χ4n) is 2.03. The van der Waals surface area contributed by atoms with Gasteiger partial charge in [-0.1, -0.05) is 12.1 Å². The fraction of sp³-hybridized carbons (Fsp3) is 0.267. The van der Waals surface area contributed by atoms with Crippen molar-refractivity contribution in [2.75, 3.05) is 7.05 Å². The van der Waals surface area contributed by atoms with E-state index in [-0.39, 0.29) is 11.7 Å². The monoisotopic (exact) mass is 258 g/mol. The summed E-state index contributed by atoms with van der Waals surface area (Å²) in [6.45, 7) is 3.31. The van der Waals surface area contributed by atoms with Crippen molar-refractivity contribution in [1.82, 2.24) is 9.47 Å². The highest BCUT2D eigenvalue weighted by atomic mass is 16.3. The van der Waals surface area contributed by atoms with Crippen LogP contribution in [0.3, 0.4) is 0 Å². The van der Waals surface area contributed by atoms with Crippen LogP contribution in [0.4, 0.5) is 0 Å². The number of aromatic nitrogens is 1. The second-order valence-electron chi connectivity index (χ2n) is 4.51. The first-order valence-corrected chi connectivity index (χ1v) is 6.30. The minimum absolute atomic E-state index is 0.0000694. The van der Waals surface area contributed by atoms with Crippen molar-refractivity contribution in [3.63, 3.8) is 0 Å². The van der Waals surface area contributed by atoms with Gasteiger partial charge in [-0.2, -0.15) is 0 Å². The molecule has 19 heavy (non-hydrogen) atoms. The van der Waals surface area contributed by atoms with Crippen LogP contribution in [-0.4, -0.2) is 27.5 Å². The molecule has 0 atom stereocenters. The van der Waals surface area contributed by atoms with Crippen molar-refractivity contribution in [1.29, 1.82) is 0 Å². The average Bonchev–Trinajstić information content (AvgIpc) is 2.88. The Morgan fingerprint density at radius 2 is 1.95 bits per heavy atom. The lowest BCUT2D eigenvalue weighted by Crippen LogP contribution is -2.28. The molecule has 0 unspecified atom stereocenters. The Balaban J connectivity index is 2.09. The molecule has 0 radical (unpaired) electrons. The second-order valence-corrected chi connectivity index (χ2v) is 4.51. The summed E-state index contributed by atoms with van der Waals surface area (Å²) >= 11 is 0. The Morgan fingerprint density at radius 3 is 2.58 bits per heavy atom. The predicted molar refractivity (Wildman–Crippen MR) is 74.0 cm³/mol. The van der Waals surface area contributed by atoms with Crippen molar-refractivity contribution in [2.45, 2.75) is 20.0 Å². The number of nitrogens with zero attached hydrogens (tertiary/aromatic N) is 2. The number of hydrogen-bond donors (Lipinski definition) is 1. The van der Waals surface area contributed by atoms with Gasteiger partial charge in [-0.3, -0.25) is 4.79 Å². The summed E-state index contributed by atoms with van der Waals surface area (Å²) in [7, 11) is 1.78. The van der Waals surface area contributed by atoms with Gasteiger partial charge in [0.25, 0.3) is 5.91 Å². The molecule has 0 aliphatic carbocycles. The molecule has 1 N–H and O–H groups in total. The van der Waals surface area contributed by atoms with Crippen LogP contribution in [0.25, 0.3) is 0 Å². The maximum absolute atomic E-state index is 12.3. The first kappa shape index (κ1) is 13.2. The van der Waals surface area contributed by atoms with Crippen molar-refractivity contribution < 1.29 is 9.90 Å². The van der Waals surface area contributed by atoms with Crippen molar-refractivity contribution in [3.05, 3.63) is 53.9 Å². The molecule has 0 spiro atoms. The van der Waals surface area contributed by atoms with Gasteiger partial charge in [0.05, 0.1) is 0 Å². The SMILES string of the molecule is CCn1cccc1C(=O)N(C)Cc1ccc(O)cc1. The molecule has 1 amide bonds. The Labute approximate surface area is 112 Å². The first-order valence-electron chi connectivity index (χ1n) is 6.30. The lowest BCUT2D eigenvalue weighted by molar-refractivity contribution is 0.0774. The molecule has 0 fully saturated rings. The molecule has 4 heteroatoms. The quantitative estimate of drug-likeness (QED) is 0.915. The van der Waals surface area contributed by atoms with Crippen LogP contribution >= 0.6 is 0 Å². The summed E-state index contributed by atoms with van der Waals surface area (Å²) < 4.78 is 1.93. The Hall–Kier alpha value is -2.23. The highest BCUT2D eigenvalue weighted by Crippen LogP contribution is 2.13. The molecule has 0 saturated carbocycles. The molecule has 0 saturated heterocycles. The molecule has 0 bridgehead atoms. The third-order valence-electron chi connectivity index (χ3n) is 3.09. The minimum atomic E-state index is -0.0000694. The number of phenols is 1. The average molecular weight is 258 g/mol. The number of hydrogen-bond acceptors (Lipinski definition) is 2. The number of carbonyl (C=O) groups excluding carboxylic acids is 1. The van der Waals surface area contributed by atoms with Gasteiger partial charge in [0.2, 0.25) is 0 Å². The summed E-state index contributed by atoms with van der Waals surface area (Å²) in [6.07, 6.45) is 1.90. The van der Waals surface area contributed by atoms with Crippen LogP contribution in [0.15, 0.2) is 42.6 Å². The van der Waals surface area contributed by atoms with Crippen LogP contribution in [-0.2, 0) is 13.1 Å². The number of rotatable bonds is 4. The molecule has 0 aliphatic rings. The van der Waals surface area contributed by atoms with Crippen LogP contribution < -0.4 is 0 Å². The third kappa shape index (κ3) is 2.96. The van der Waals surface area contributed by atoms with E-state index in [4.69, 9.17) is 0 Å². The predicted octanol–water partition coefficient (Wildman–Crippen LogP) is 2.49. The van der Waals surface area contributed by atoms with Gasteiger partial charge in [-0.15, -0.1) is 0 Å². The van der Waals surface area contributed by atoms with Gasteiger partial charge >= 0.3 is 0 Å². The zero-order chi connectivity index (χ0) is 13.8. The van der Waals surface area contributed by atoms with Crippen molar-refractivity contribution >= 4 is 5.91 Å². The van der Waals surface area contributed by atoms with Gasteiger partial charge in [0.15, 0.2) is 0 Å². The second kappa shape index (κ2) is 5.61. The number of aryl methyl sites for hydroxylation is 1. The molecule has 100 valence electrons. The first-order chi connectivity index (χ1) is 9.11. The Kier molecular flexibility index (Phi) is 3.90. The standard InChI is InChI=1S/C15H18N2O2/c1-3-17-10-4-5-14(17)15(19)16(2)11-12-6-8-13(18)9-7-12/h4-10,18H,3,11H2,1-2H3. The van der Waals surface area contributed by atoms with Crippen LogP contribution in [0.1, 0.15) is 23.0 Å². The van der Waals surface area contributed by atoms with Crippen molar-refractivity contribution in [2.24, 2.45) is 0 Å². The van der Waals surface area contributed by atoms with Gasteiger partial charge in [-0.25, -0.2) is 0 Å². The molecular formula is C15H18N2O2. The molecule has 2 rings (SSSR count). The Bertz CT molecular complexity index is 558. The molecule has 1 heterocycles. The van der Waals surface area contributed by atoms with Gasteiger partial charge < -0.3 is 14.6 Å². The van der Waals surface area contributed by atoms with Gasteiger partial charge in [0.1, 0.15) is 11.4 Å². The minimum Gasteiger partial charge on any atom is -0.508 e. The van der Waals surface area contributed by atoms with E-state index < -0.39 is 0 Å². The summed E-state index contributed by atoms with van der Waals surface area (Å²) in [5, 5.41) is 9.23. The zero-order valence-corrected chi connectivity index (χ0v) is 11.2. The normalized spacial score (nSPS) is 10.4. The van der Waals surface area contributed by atoms with E-state index in [1.54, 1.807) is 24.1 Å². The number of amides is 1. The molecule has 2 aromatic rings. The van der Waals surface area contributed by atoms with Crippen LogP contribution in [0.2, 0.25) is 0 Å². The zero-order valence-electron chi connectivity index (χ0n) is 11.2.